The van der Waals surface area contributed by atoms with Gasteiger partial charge in [-0.1, -0.05) is 40.2 Å². The SMILES string of the molecule is Cl.Nc1cccc(CN(Cc2cccc(Br)c2)C2CC2)c1. The molecule has 0 spiro atoms. The van der Waals surface area contributed by atoms with Crippen LogP contribution >= 0.6 is 28.3 Å². The minimum Gasteiger partial charge on any atom is -0.399 e. The van der Waals surface area contributed by atoms with E-state index in [1.165, 1.54) is 24.0 Å². The van der Waals surface area contributed by atoms with E-state index in [9.17, 15) is 0 Å². The van der Waals surface area contributed by atoms with Gasteiger partial charge in [-0.15, -0.1) is 12.4 Å². The van der Waals surface area contributed by atoms with Gasteiger partial charge in [0, 0.05) is 29.3 Å². The Labute approximate surface area is 140 Å². The van der Waals surface area contributed by atoms with Crippen molar-refractivity contribution in [1.82, 2.24) is 4.90 Å². The predicted molar refractivity (Wildman–Crippen MR) is 94.5 cm³/mol. The topological polar surface area (TPSA) is 29.3 Å². The zero-order chi connectivity index (χ0) is 13.9. The Kier molecular flexibility index (Phi) is 5.68. The second-order valence-corrected chi connectivity index (χ2v) is 6.43. The molecule has 0 atom stereocenters. The maximum atomic E-state index is 5.87. The van der Waals surface area contributed by atoms with Crippen LogP contribution < -0.4 is 5.73 Å². The van der Waals surface area contributed by atoms with E-state index in [-0.39, 0.29) is 12.4 Å². The highest BCUT2D eigenvalue weighted by Crippen LogP contribution is 2.30. The molecule has 2 aromatic rings. The Hall–Kier alpha value is -1.03. The molecule has 0 bridgehead atoms. The number of nitrogens with zero attached hydrogens (tertiary/aromatic N) is 1. The molecule has 2 aromatic carbocycles. The molecule has 1 saturated carbocycles. The van der Waals surface area contributed by atoms with Crippen molar-refractivity contribution in [2.24, 2.45) is 0 Å². The lowest BCUT2D eigenvalue weighted by Crippen LogP contribution is -2.25. The number of hydrogen-bond acceptors (Lipinski definition) is 2. The predicted octanol–water partition coefficient (Wildman–Crippen LogP) is 4.62. The van der Waals surface area contributed by atoms with Gasteiger partial charge in [0.2, 0.25) is 0 Å². The van der Waals surface area contributed by atoms with E-state index in [1.807, 2.05) is 12.1 Å². The minimum absolute atomic E-state index is 0. The Morgan fingerprint density at radius 3 is 2.19 bits per heavy atom. The van der Waals surface area contributed by atoms with Crippen molar-refractivity contribution in [3.8, 4) is 0 Å². The van der Waals surface area contributed by atoms with E-state index < -0.39 is 0 Å². The highest BCUT2D eigenvalue weighted by atomic mass is 79.9. The Morgan fingerprint density at radius 1 is 1.00 bits per heavy atom. The average molecular weight is 368 g/mol. The van der Waals surface area contributed by atoms with Gasteiger partial charge in [0.05, 0.1) is 0 Å². The van der Waals surface area contributed by atoms with Gasteiger partial charge in [-0.3, -0.25) is 4.90 Å². The minimum atomic E-state index is 0. The molecule has 112 valence electrons. The van der Waals surface area contributed by atoms with Crippen molar-refractivity contribution in [2.75, 3.05) is 5.73 Å². The number of nitrogens with two attached hydrogens (primary N) is 1. The van der Waals surface area contributed by atoms with Crippen molar-refractivity contribution in [3.63, 3.8) is 0 Å². The van der Waals surface area contributed by atoms with E-state index in [0.717, 1.165) is 29.3 Å². The lowest BCUT2D eigenvalue weighted by molar-refractivity contribution is 0.246. The molecule has 1 fully saturated rings. The first kappa shape index (κ1) is 16.3. The summed E-state index contributed by atoms with van der Waals surface area (Å²) in [5.41, 5.74) is 9.38. The zero-order valence-electron chi connectivity index (χ0n) is 11.8. The molecule has 1 aliphatic carbocycles. The van der Waals surface area contributed by atoms with E-state index in [2.05, 4.69) is 57.2 Å². The van der Waals surface area contributed by atoms with Gasteiger partial charge in [0.25, 0.3) is 0 Å². The lowest BCUT2D eigenvalue weighted by atomic mass is 10.1. The molecule has 0 radical (unpaired) electrons. The molecule has 2 nitrogen and oxygen atoms in total. The summed E-state index contributed by atoms with van der Waals surface area (Å²) in [5, 5.41) is 0. The monoisotopic (exact) mass is 366 g/mol. The van der Waals surface area contributed by atoms with E-state index in [1.54, 1.807) is 0 Å². The van der Waals surface area contributed by atoms with Crippen LogP contribution in [0.3, 0.4) is 0 Å². The van der Waals surface area contributed by atoms with Crippen molar-refractivity contribution < 1.29 is 0 Å². The molecule has 0 saturated heterocycles. The molecule has 0 amide bonds. The largest absolute Gasteiger partial charge is 0.399 e. The van der Waals surface area contributed by atoms with Crippen molar-refractivity contribution in [1.29, 1.82) is 0 Å². The third-order valence-electron chi connectivity index (χ3n) is 3.67. The highest BCUT2D eigenvalue weighted by Gasteiger charge is 2.28. The second-order valence-electron chi connectivity index (χ2n) is 5.51. The quantitative estimate of drug-likeness (QED) is 0.781. The summed E-state index contributed by atoms with van der Waals surface area (Å²) in [6, 6.07) is 17.5. The molecule has 3 rings (SSSR count). The summed E-state index contributed by atoms with van der Waals surface area (Å²) in [7, 11) is 0. The van der Waals surface area contributed by atoms with Crippen molar-refractivity contribution in [3.05, 3.63) is 64.1 Å². The molecule has 2 N–H and O–H groups in total. The van der Waals surface area contributed by atoms with Crippen LogP contribution in [0, 0.1) is 0 Å². The fraction of sp³-hybridized carbons (Fsp3) is 0.294. The summed E-state index contributed by atoms with van der Waals surface area (Å²) in [6.45, 7) is 1.97. The molecule has 4 heteroatoms. The normalized spacial score (nSPS) is 14.0. The molecular formula is C17H20BrClN2. The van der Waals surface area contributed by atoms with Gasteiger partial charge in [-0.25, -0.2) is 0 Å². The standard InChI is InChI=1S/C17H19BrN2.ClH/c18-15-5-1-3-13(9-15)11-20(17-7-8-17)12-14-4-2-6-16(19)10-14;/h1-6,9-10,17H,7-8,11-12,19H2;1H. The fourth-order valence-corrected chi connectivity index (χ4v) is 3.00. The molecule has 1 aliphatic rings. The van der Waals surface area contributed by atoms with Crippen molar-refractivity contribution in [2.45, 2.75) is 32.0 Å². The molecule has 0 heterocycles. The Balaban J connectivity index is 0.00000161. The van der Waals surface area contributed by atoms with E-state index in [4.69, 9.17) is 5.73 Å². The van der Waals surface area contributed by atoms with E-state index in [0.29, 0.717) is 0 Å². The molecule has 0 aromatic heterocycles. The van der Waals surface area contributed by atoms with Crippen LogP contribution in [-0.2, 0) is 13.1 Å². The lowest BCUT2D eigenvalue weighted by Gasteiger charge is -2.22. The maximum absolute atomic E-state index is 5.87. The van der Waals surface area contributed by atoms with Crippen LogP contribution in [0.1, 0.15) is 24.0 Å². The second kappa shape index (κ2) is 7.30. The Bertz CT molecular complexity index is 551. The first-order valence-corrected chi connectivity index (χ1v) is 7.83. The van der Waals surface area contributed by atoms with Crippen molar-refractivity contribution >= 4 is 34.0 Å². The van der Waals surface area contributed by atoms with Gasteiger partial charge < -0.3 is 5.73 Å². The first-order chi connectivity index (χ1) is 9.70. The van der Waals surface area contributed by atoms with Gasteiger partial charge in [-0.2, -0.15) is 0 Å². The fourth-order valence-electron chi connectivity index (χ4n) is 2.55. The first-order valence-electron chi connectivity index (χ1n) is 7.03. The number of rotatable bonds is 5. The van der Waals surface area contributed by atoms with Gasteiger partial charge in [0.1, 0.15) is 0 Å². The zero-order valence-corrected chi connectivity index (χ0v) is 14.2. The van der Waals surface area contributed by atoms with Gasteiger partial charge in [0.15, 0.2) is 0 Å². The molecule has 0 unspecified atom stereocenters. The summed E-state index contributed by atoms with van der Waals surface area (Å²) in [6.07, 6.45) is 2.63. The summed E-state index contributed by atoms with van der Waals surface area (Å²) >= 11 is 3.55. The Morgan fingerprint density at radius 2 is 1.62 bits per heavy atom. The van der Waals surface area contributed by atoms with E-state index >= 15 is 0 Å². The van der Waals surface area contributed by atoms with Gasteiger partial charge in [-0.05, 0) is 48.2 Å². The number of halogens is 2. The van der Waals surface area contributed by atoms with Crippen LogP contribution in [0.25, 0.3) is 0 Å². The summed E-state index contributed by atoms with van der Waals surface area (Å²) in [5.74, 6) is 0. The number of anilines is 1. The average Bonchev–Trinajstić information content (AvgIpc) is 3.22. The van der Waals surface area contributed by atoms with Crippen LogP contribution in [-0.4, -0.2) is 10.9 Å². The smallest absolute Gasteiger partial charge is 0.0317 e. The molecule has 0 aliphatic heterocycles. The maximum Gasteiger partial charge on any atom is 0.0317 e. The van der Waals surface area contributed by atoms with Crippen LogP contribution in [0.2, 0.25) is 0 Å². The highest BCUT2D eigenvalue weighted by molar-refractivity contribution is 9.10. The summed E-state index contributed by atoms with van der Waals surface area (Å²) < 4.78 is 1.15. The number of hydrogen-bond donors (Lipinski definition) is 1. The summed E-state index contributed by atoms with van der Waals surface area (Å²) in [4.78, 5) is 2.55. The number of nitrogen functional groups attached to an aromatic ring is 1. The number of benzene rings is 2. The van der Waals surface area contributed by atoms with Gasteiger partial charge >= 0.3 is 0 Å². The third-order valence-corrected chi connectivity index (χ3v) is 4.17. The van der Waals surface area contributed by atoms with Crippen LogP contribution in [0.5, 0.6) is 0 Å². The third kappa shape index (κ3) is 4.73. The molecule has 21 heavy (non-hydrogen) atoms. The van der Waals surface area contributed by atoms with Crippen LogP contribution in [0.15, 0.2) is 53.0 Å². The molecular weight excluding hydrogens is 348 g/mol. The van der Waals surface area contributed by atoms with Crippen LogP contribution in [0.4, 0.5) is 5.69 Å².